The van der Waals surface area contributed by atoms with Crippen molar-refractivity contribution in [2.45, 2.75) is 19.8 Å². The molecule has 3 rings (SSSR count). The third-order valence-electron chi connectivity index (χ3n) is 3.96. The summed E-state index contributed by atoms with van der Waals surface area (Å²) < 4.78 is 16.6. The molecule has 0 radical (unpaired) electrons. The lowest BCUT2D eigenvalue weighted by Crippen LogP contribution is -2.27. The molecule has 1 aliphatic rings. The predicted molar refractivity (Wildman–Crippen MR) is 95.4 cm³/mol. The highest BCUT2D eigenvalue weighted by molar-refractivity contribution is 5.76. The highest BCUT2D eigenvalue weighted by Gasteiger charge is 2.11. The van der Waals surface area contributed by atoms with Crippen LogP contribution in [0.2, 0.25) is 0 Å². The second-order valence-corrected chi connectivity index (χ2v) is 5.99. The van der Waals surface area contributed by atoms with E-state index in [1.54, 1.807) is 0 Å². The lowest BCUT2D eigenvalue weighted by atomic mass is 10.1. The molecule has 5 heteroatoms. The molecule has 0 aliphatic carbocycles. The minimum atomic E-state index is -0.00958. The Labute approximate surface area is 147 Å². The Kier molecular flexibility index (Phi) is 5.77. The maximum Gasteiger partial charge on any atom is 0.223 e. The maximum absolute atomic E-state index is 11.9. The summed E-state index contributed by atoms with van der Waals surface area (Å²) in [6.45, 7) is 4.15. The van der Waals surface area contributed by atoms with Gasteiger partial charge in [-0.2, -0.15) is 0 Å². The van der Waals surface area contributed by atoms with Gasteiger partial charge in [-0.3, -0.25) is 4.79 Å². The van der Waals surface area contributed by atoms with Crippen molar-refractivity contribution in [1.29, 1.82) is 0 Å². The van der Waals surface area contributed by atoms with Gasteiger partial charge in [0.05, 0.1) is 13.0 Å². The van der Waals surface area contributed by atoms with Crippen molar-refractivity contribution >= 4 is 5.91 Å². The number of hydrogen-bond donors (Lipinski definition) is 1. The van der Waals surface area contributed by atoms with Crippen molar-refractivity contribution in [1.82, 2.24) is 5.32 Å². The Hall–Kier alpha value is -2.69. The lowest BCUT2D eigenvalue weighted by molar-refractivity contribution is -0.121. The van der Waals surface area contributed by atoms with Gasteiger partial charge in [0.2, 0.25) is 5.91 Å². The molecular weight excluding hydrogens is 318 g/mol. The molecule has 132 valence electrons. The second-order valence-electron chi connectivity index (χ2n) is 5.99. The van der Waals surface area contributed by atoms with Gasteiger partial charge in [-0.15, -0.1) is 0 Å². The fraction of sp³-hybridized carbons (Fsp3) is 0.350. The number of aryl methyl sites for hydroxylation is 1. The van der Waals surface area contributed by atoms with E-state index in [2.05, 4.69) is 5.32 Å². The van der Waals surface area contributed by atoms with Gasteiger partial charge >= 0.3 is 0 Å². The number of rotatable bonds is 7. The summed E-state index contributed by atoms with van der Waals surface area (Å²) in [4.78, 5) is 11.9. The van der Waals surface area contributed by atoms with Gasteiger partial charge in [0.25, 0.3) is 0 Å². The highest BCUT2D eigenvalue weighted by atomic mass is 16.6. The van der Waals surface area contributed by atoms with E-state index in [4.69, 9.17) is 14.2 Å². The molecule has 0 aromatic heterocycles. The van der Waals surface area contributed by atoms with Gasteiger partial charge in [0, 0.05) is 6.54 Å². The summed E-state index contributed by atoms with van der Waals surface area (Å²) in [5.74, 6) is 2.34. The average Bonchev–Trinajstić information content (AvgIpc) is 2.63. The van der Waals surface area contributed by atoms with Crippen LogP contribution in [0.25, 0.3) is 0 Å². The minimum Gasteiger partial charge on any atom is -0.493 e. The summed E-state index contributed by atoms with van der Waals surface area (Å²) in [5, 5.41) is 2.92. The van der Waals surface area contributed by atoms with E-state index in [9.17, 15) is 4.79 Å². The van der Waals surface area contributed by atoms with E-state index in [1.807, 2.05) is 49.4 Å². The summed E-state index contributed by atoms with van der Waals surface area (Å²) in [7, 11) is 0. The van der Waals surface area contributed by atoms with Gasteiger partial charge in [-0.25, -0.2) is 0 Å². The minimum absolute atomic E-state index is 0.00958. The number of nitrogens with one attached hydrogen (secondary N) is 1. The molecule has 0 saturated heterocycles. The molecule has 0 bridgehead atoms. The molecule has 0 spiro atoms. The first-order valence-electron chi connectivity index (χ1n) is 8.55. The first-order valence-corrected chi connectivity index (χ1v) is 8.55. The van der Waals surface area contributed by atoms with Gasteiger partial charge in [0.1, 0.15) is 19.0 Å². The largest absolute Gasteiger partial charge is 0.493 e. The lowest BCUT2D eigenvalue weighted by Gasteiger charge is -2.18. The van der Waals surface area contributed by atoms with Crippen molar-refractivity contribution in [2.75, 3.05) is 26.4 Å². The first kappa shape index (κ1) is 17.1. The summed E-state index contributed by atoms with van der Waals surface area (Å²) in [6.07, 6.45) is 1.09. The number of ether oxygens (including phenoxy) is 3. The number of benzene rings is 2. The summed E-state index contributed by atoms with van der Waals surface area (Å²) in [6, 6.07) is 13.7. The molecule has 1 amide bonds. The molecule has 0 unspecified atom stereocenters. The standard InChI is InChI=1S/C20H23NO4/c1-15-2-5-17(6-3-15)23-11-9-20(22)21-10-8-16-4-7-18-19(14-16)25-13-12-24-18/h2-7,14H,8-13H2,1H3,(H,21,22). The number of amides is 1. The molecule has 0 fully saturated rings. The smallest absolute Gasteiger partial charge is 0.223 e. The van der Waals surface area contributed by atoms with E-state index in [0.29, 0.717) is 32.8 Å². The van der Waals surface area contributed by atoms with Crippen molar-refractivity contribution in [2.24, 2.45) is 0 Å². The van der Waals surface area contributed by atoms with Crippen LogP contribution in [0.5, 0.6) is 17.2 Å². The molecule has 2 aromatic rings. The van der Waals surface area contributed by atoms with Crippen molar-refractivity contribution in [3.05, 3.63) is 53.6 Å². The van der Waals surface area contributed by atoms with Crippen LogP contribution in [0.4, 0.5) is 0 Å². The molecular formula is C20H23NO4. The molecule has 0 saturated carbocycles. The van der Waals surface area contributed by atoms with Gasteiger partial charge in [-0.1, -0.05) is 23.8 Å². The normalized spacial score (nSPS) is 12.5. The van der Waals surface area contributed by atoms with E-state index in [-0.39, 0.29) is 5.91 Å². The Balaban J connectivity index is 1.35. The summed E-state index contributed by atoms with van der Waals surface area (Å²) in [5.41, 5.74) is 2.30. The van der Waals surface area contributed by atoms with E-state index >= 15 is 0 Å². The highest BCUT2D eigenvalue weighted by Crippen LogP contribution is 2.30. The third-order valence-corrected chi connectivity index (χ3v) is 3.96. The maximum atomic E-state index is 11.9. The van der Waals surface area contributed by atoms with Crippen LogP contribution in [0.15, 0.2) is 42.5 Å². The van der Waals surface area contributed by atoms with Crippen LogP contribution in [-0.4, -0.2) is 32.3 Å². The quantitative estimate of drug-likeness (QED) is 0.841. The van der Waals surface area contributed by atoms with E-state index < -0.39 is 0 Å². The molecule has 1 aliphatic heterocycles. The van der Waals surface area contributed by atoms with Crippen LogP contribution in [0.3, 0.4) is 0 Å². The predicted octanol–water partition coefficient (Wildman–Crippen LogP) is 2.89. The monoisotopic (exact) mass is 341 g/mol. The van der Waals surface area contributed by atoms with Crippen LogP contribution in [0.1, 0.15) is 17.5 Å². The topological polar surface area (TPSA) is 56.8 Å². The molecule has 5 nitrogen and oxygen atoms in total. The van der Waals surface area contributed by atoms with Gasteiger partial charge in [-0.05, 0) is 43.2 Å². The van der Waals surface area contributed by atoms with Crippen LogP contribution >= 0.6 is 0 Å². The molecule has 0 atom stereocenters. The summed E-state index contributed by atoms with van der Waals surface area (Å²) >= 11 is 0. The SMILES string of the molecule is Cc1ccc(OCCC(=O)NCCc2ccc3c(c2)OCCO3)cc1. The van der Waals surface area contributed by atoms with Crippen molar-refractivity contribution in [3.63, 3.8) is 0 Å². The molecule has 2 aromatic carbocycles. The zero-order chi connectivity index (χ0) is 17.5. The zero-order valence-corrected chi connectivity index (χ0v) is 14.4. The van der Waals surface area contributed by atoms with Crippen LogP contribution in [0, 0.1) is 6.92 Å². The fourth-order valence-corrected chi connectivity index (χ4v) is 2.57. The first-order chi connectivity index (χ1) is 12.2. The molecule has 25 heavy (non-hydrogen) atoms. The van der Waals surface area contributed by atoms with Gasteiger partial charge < -0.3 is 19.5 Å². The average molecular weight is 341 g/mol. The van der Waals surface area contributed by atoms with Crippen LogP contribution in [-0.2, 0) is 11.2 Å². The number of fused-ring (bicyclic) bond motifs is 1. The van der Waals surface area contributed by atoms with Gasteiger partial charge in [0.15, 0.2) is 11.5 Å². The Morgan fingerprint density at radius 2 is 1.84 bits per heavy atom. The Bertz CT molecular complexity index is 712. The van der Waals surface area contributed by atoms with Crippen LogP contribution < -0.4 is 19.5 Å². The molecule has 1 heterocycles. The van der Waals surface area contributed by atoms with E-state index in [0.717, 1.165) is 29.2 Å². The van der Waals surface area contributed by atoms with E-state index in [1.165, 1.54) is 5.56 Å². The fourth-order valence-electron chi connectivity index (χ4n) is 2.57. The Morgan fingerprint density at radius 1 is 1.08 bits per heavy atom. The third kappa shape index (κ3) is 5.14. The second kappa shape index (κ2) is 8.42. The number of carbonyl (C=O) groups excluding carboxylic acids is 1. The Morgan fingerprint density at radius 3 is 2.64 bits per heavy atom. The number of hydrogen-bond acceptors (Lipinski definition) is 4. The molecule has 1 N–H and O–H groups in total. The number of carbonyl (C=O) groups is 1. The van der Waals surface area contributed by atoms with Crippen molar-refractivity contribution < 1.29 is 19.0 Å². The zero-order valence-electron chi connectivity index (χ0n) is 14.4. The van der Waals surface area contributed by atoms with Crippen molar-refractivity contribution in [3.8, 4) is 17.2 Å².